The zero-order valence-corrected chi connectivity index (χ0v) is 16.0. The van der Waals surface area contributed by atoms with Crippen molar-refractivity contribution in [2.75, 3.05) is 26.2 Å². The Bertz CT molecular complexity index is 743. The molecule has 0 spiro atoms. The molecule has 2 aromatic rings. The smallest absolute Gasteiger partial charge is 0.227 e. The first-order valence-electron chi connectivity index (χ1n) is 10.0. The van der Waals surface area contributed by atoms with Gasteiger partial charge in [-0.25, -0.2) is 9.97 Å². The van der Waals surface area contributed by atoms with Crippen LogP contribution in [0.2, 0.25) is 0 Å². The van der Waals surface area contributed by atoms with E-state index in [9.17, 15) is 4.79 Å². The quantitative estimate of drug-likeness (QED) is 0.837. The normalized spacial score (nSPS) is 24.3. The minimum absolute atomic E-state index is 0.123. The van der Waals surface area contributed by atoms with Crippen LogP contribution in [0.4, 0.5) is 0 Å². The fourth-order valence-corrected chi connectivity index (χ4v) is 4.47. The SMILES string of the molecule is CC1CN(Cc2ccccc2)CC1C(=O)N1CCC(c2ncccn2)CC1. The van der Waals surface area contributed by atoms with E-state index in [1.807, 2.05) is 12.1 Å². The van der Waals surface area contributed by atoms with Crippen LogP contribution in [0.15, 0.2) is 48.8 Å². The number of rotatable bonds is 4. The van der Waals surface area contributed by atoms with Crippen molar-refractivity contribution < 1.29 is 4.79 Å². The highest BCUT2D eigenvalue weighted by molar-refractivity contribution is 5.79. The standard InChI is InChI=1S/C22H28N4O/c1-17-14-25(15-18-6-3-2-4-7-18)16-20(17)22(27)26-12-8-19(9-13-26)21-23-10-5-11-24-21/h2-7,10-11,17,19-20H,8-9,12-16H2,1H3. The van der Waals surface area contributed by atoms with Crippen LogP contribution in [0.1, 0.15) is 37.1 Å². The van der Waals surface area contributed by atoms with Crippen molar-refractivity contribution in [1.29, 1.82) is 0 Å². The van der Waals surface area contributed by atoms with E-state index >= 15 is 0 Å². The number of piperidine rings is 1. The molecule has 0 N–H and O–H groups in total. The molecule has 4 rings (SSSR count). The molecule has 2 unspecified atom stereocenters. The van der Waals surface area contributed by atoms with Crippen LogP contribution in [0, 0.1) is 11.8 Å². The fourth-order valence-electron chi connectivity index (χ4n) is 4.47. The average molecular weight is 364 g/mol. The Hall–Kier alpha value is -2.27. The summed E-state index contributed by atoms with van der Waals surface area (Å²) in [6.07, 6.45) is 5.54. The number of carbonyl (C=O) groups is 1. The highest BCUT2D eigenvalue weighted by Gasteiger charge is 2.38. The average Bonchev–Trinajstić information content (AvgIpc) is 3.09. The lowest BCUT2D eigenvalue weighted by atomic mass is 9.92. The second kappa shape index (κ2) is 8.17. The molecule has 142 valence electrons. The summed E-state index contributed by atoms with van der Waals surface area (Å²) in [6, 6.07) is 12.4. The number of carbonyl (C=O) groups excluding carboxylic acids is 1. The van der Waals surface area contributed by atoms with Gasteiger partial charge in [-0.2, -0.15) is 0 Å². The van der Waals surface area contributed by atoms with Crippen LogP contribution < -0.4 is 0 Å². The number of amides is 1. The number of hydrogen-bond acceptors (Lipinski definition) is 4. The molecule has 5 heteroatoms. The number of likely N-dealkylation sites (tertiary alicyclic amines) is 2. The van der Waals surface area contributed by atoms with Crippen molar-refractivity contribution in [1.82, 2.24) is 19.8 Å². The van der Waals surface area contributed by atoms with Crippen molar-refractivity contribution in [2.24, 2.45) is 11.8 Å². The number of hydrogen-bond donors (Lipinski definition) is 0. The Labute approximate surface area is 161 Å². The topological polar surface area (TPSA) is 49.3 Å². The van der Waals surface area contributed by atoms with Crippen LogP contribution >= 0.6 is 0 Å². The van der Waals surface area contributed by atoms with Gasteiger partial charge in [0.05, 0.1) is 5.92 Å². The molecule has 5 nitrogen and oxygen atoms in total. The van der Waals surface area contributed by atoms with Crippen molar-refractivity contribution in [3.05, 3.63) is 60.2 Å². The summed E-state index contributed by atoms with van der Waals surface area (Å²) in [5, 5.41) is 0. The van der Waals surface area contributed by atoms with E-state index in [0.717, 1.165) is 51.4 Å². The highest BCUT2D eigenvalue weighted by Crippen LogP contribution is 2.30. The van der Waals surface area contributed by atoms with Crippen molar-refractivity contribution in [3.8, 4) is 0 Å². The molecule has 1 amide bonds. The van der Waals surface area contributed by atoms with Crippen molar-refractivity contribution in [2.45, 2.75) is 32.2 Å². The minimum Gasteiger partial charge on any atom is -0.342 e. The lowest BCUT2D eigenvalue weighted by Gasteiger charge is -2.33. The maximum absolute atomic E-state index is 13.1. The van der Waals surface area contributed by atoms with Gasteiger partial charge in [0.25, 0.3) is 0 Å². The van der Waals surface area contributed by atoms with Gasteiger partial charge in [-0.15, -0.1) is 0 Å². The molecule has 27 heavy (non-hydrogen) atoms. The number of benzene rings is 1. The summed E-state index contributed by atoms with van der Waals surface area (Å²) in [5.41, 5.74) is 1.32. The second-order valence-corrected chi connectivity index (χ2v) is 7.97. The molecule has 0 radical (unpaired) electrons. The molecule has 2 aliphatic heterocycles. The van der Waals surface area contributed by atoms with E-state index in [4.69, 9.17) is 0 Å². The second-order valence-electron chi connectivity index (χ2n) is 7.97. The Balaban J connectivity index is 1.32. The Kier molecular flexibility index (Phi) is 5.48. The summed E-state index contributed by atoms with van der Waals surface area (Å²) in [7, 11) is 0. The zero-order chi connectivity index (χ0) is 18.6. The lowest BCUT2D eigenvalue weighted by Crippen LogP contribution is -2.43. The predicted octanol–water partition coefficient (Wildman–Crippen LogP) is 2.95. The molecule has 0 bridgehead atoms. The Morgan fingerprint density at radius 1 is 1.04 bits per heavy atom. The maximum Gasteiger partial charge on any atom is 0.227 e. The van der Waals surface area contributed by atoms with Gasteiger partial charge < -0.3 is 4.90 Å². The molecule has 1 aromatic carbocycles. The van der Waals surface area contributed by atoms with E-state index in [0.29, 0.717) is 17.7 Å². The summed E-state index contributed by atoms with van der Waals surface area (Å²) in [5.74, 6) is 2.18. The van der Waals surface area contributed by atoms with Crippen molar-refractivity contribution in [3.63, 3.8) is 0 Å². The molecular formula is C22H28N4O. The summed E-state index contributed by atoms with van der Waals surface area (Å²) < 4.78 is 0. The van der Waals surface area contributed by atoms with Gasteiger partial charge in [-0.1, -0.05) is 37.3 Å². The minimum atomic E-state index is 0.123. The highest BCUT2D eigenvalue weighted by atomic mass is 16.2. The third-order valence-electron chi connectivity index (χ3n) is 6.01. The Morgan fingerprint density at radius 3 is 2.44 bits per heavy atom. The van der Waals surface area contributed by atoms with Gasteiger partial charge in [0.15, 0.2) is 0 Å². The van der Waals surface area contributed by atoms with Gasteiger partial charge in [-0.3, -0.25) is 9.69 Å². The molecule has 2 aliphatic rings. The predicted molar refractivity (Wildman–Crippen MR) is 105 cm³/mol. The molecule has 2 fully saturated rings. The van der Waals surface area contributed by atoms with E-state index < -0.39 is 0 Å². The molecular weight excluding hydrogens is 336 g/mol. The zero-order valence-electron chi connectivity index (χ0n) is 16.0. The van der Waals surface area contributed by atoms with Crippen LogP contribution in [-0.4, -0.2) is 51.9 Å². The van der Waals surface area contributed by atoms with E-state index in [1.54, 1.807) is 12.4 Å². The monoisotopic (exact) mass is 364 g/mol. The summed E-state index contributed by atoms with van der Waals surface area (Å²) in [4.78, 5) is 26.4. The largest absolute Gasteiger partial charge is 0.342 e. The number of aromatic nitrogens is 2. The van der Waals surface area contributed by atoms with Gasteiger partial charge in [0, 0.05) is 51.0 Å². The van der Waals surface area contributed by atoms with E-state index in [1.165, 1.54) is 5.56 Å². The molecule has 2 saturated heterocycles. The first-order valence-corrected chi connectivity index (χ1v) is 10.0. The van der Waals surface area contributed by atoms with Gasteiger partial charge in [0.2, 0.25) is 5.91 Å². The molecule has 2 atom stereocenters. The van der Waals surface area contributed by atoms with Gasteiger partial charge in [0.1, 0.15) is 5.82 Å². The van der Waals surface area contributed by atoms with Crippen LogP contribution in [0.3, 0.4) is 0 Å². The summed E-state index contributed by atoms with van der Waals surface area (Å²) >= 11 is 0. The fraction of sp³-hybridized carbons (Fsp3) is 0.500. The lowest BCUT2D eigenvalue weighted by molar-refractivity contribution is -0.137. The van der Waals surface area contributed by atoms with Gasteiger partial charge >= 0.3 is 0 Å². The van der Waals surface area contributed by atoms with Crippen molar-refractivity contribution >= 4 is 5.91 Å². The summed E-state index contributed by atoms with van der Waals surface area (Å²) in [6.45, 7) is 6.67. The molecule has 3 heterocycles. The molecule has 0 aliphatic carbocycles. The van der Waals surface area contributed by atoms with Crippen LogP contribution in [0.25, 0.3) is 0 Å². The third kappa shape index (κ3) is 4.19. The third-order valence-corrected chi connectivity index (χ3v) is 6.01. The first-order chi connectivity index (χ1) is 13.2. The van der Waals surface area contributed by atoms with Gasteiger partial charge in [-0.05, 0) is 30.4 Å². The molecule has 1 aromatic heterocycles. The van der Waals surface area contributed by atoms with E-state index in [2.05, 4.69) is 51.0 Å². The van der Waals surface area contributed by atoms with E-state index in [-0.39, 0.29) is 5.92 Å². The van der Waals surface area contributed by atoms with Crippen LogP contribution in [0.5, 0.6) is 0 Å². The molecule has 0 saturated carbocycles. The Morgan fingerprint density at radius 2 is 1.74 bits per heavy atom. The maximum atomic E-state index is 13.1. The first kappa shape index (κ1) is 18.1. The number of nitrogens with zero attached hydrogens (tertiary/aromatic N) is 4. The van der Waals surface area contributed by atoms with Crippen LogP contribution in [-0.2, 0) is 11.3 Å².